The number of carbonyl (C=O) groups is 1. The third-order valence-electron chi connectivity index (χ3n) is 7.18. The number of aryl methyl sites for hydroxylation is 1. The summed E-state index contributed by atoms with van der Waals surface area (Å²) < 4.78 is 40.9. The number of nitrogens with one attached hydrogen (secondary N) is 2. The third kappa shape index (κ3) is 4.43. The molecule has 4 heterocycles. The predicted molar refractivity (Wildman–Crippen MR) is 126 cm³/mol. The van der Waals surface area contributed by atoms with Crippen molar-refractivity contribution in [2.24, 2.45) is 7.05 Å². The molecule has 2 aliphatic rings. The van der Waals surface area contributed by atoms with Gasteiger partial charge in [0.2, 0.25) is 0 Å². The number of carbonyl (C=O) groups excluding carboxylic acids is 1. The highest BCUT2D eigenvalue weighted by Crippen LogP contribution is 2.37. The number of hydrogen-bond donors (Lipinski definition) is 2. The second-order valence-corrected chi connectivity index (χ2v) is 9.29. The van der Waals surface area contributed by atoms with Crippen molar-refractivity contribution in [2.75, 3.05) is 38.1 Å². The van der Waals surface area contributed by atoms with Gasteiger partial charge in [0.1, 0.15) is 16.9 Å². The number of rotatable bonds is 4. The number of piperazine rings is 1. The highest BCUT2D eigenvalue weighted by molar-refractivity contribution is 5.92. The lowest BCUT2D eigenvalue weighted by Gasteiger charge is -2.39. The van der Waals surface area contributed by atoms with E-state index >= 15 is 0 Å². The van der Waals surface area contributed by atoms with Gasteiger partial charge in [-0.3, -0.25) is 14.5 Å². The molecule has 5 rings (SSSR count). The quantitative estimate of drug-likeness (QED) is 0.558. The van der Waals surface area contributed by atoms with Crippen LogP contribution in [0.5, 0.6) is 0 Å². The Morgan fingerprint density at radius 3 is 2.56 bits per heavy atom. The Hall–Kier alpha value is -3.48. The fourth-order valence-corrected chi connectivity index (χ4v) is 5.28. The van der Waals surface area contributed by atoms with Crippen LogP contribution in [-0.4, -0.2) is 74.8 Å². The lowest BCUT2D eigenvalue weighted by atomic mass is 10.1. The lowest BCUT2D eigenvalue weighted by molar-refractivity contribution is -0.140. The molecule has 1 saturated heterocycles. The molecule has 1 amide bonds. The number of anilines is 1. The molecule has 2 N–H and O–H groups in total. The summed E-state index contributed by atoms with van der Waals surface area (Å²) in [5, 5.41) is 5.54. The van der Waals surface area contributed by atoms with Gasteiger partial charge in [0, 0.05) is 52.2 Å². The first-order valence-corrected chi connectivity index (χ1v) is 11.9. The zero-order chi connectivity index (χ0) is 25.6. The van der Waals surface area contributed by atoms with Crippen LogP contribution < -0.4 is 15.8 Å². The van der Waals surface area contributed by atoms with Crippen molar-refractivity contribution in [3.8, 4) is 0 Å². The summed E-state index contributed by atoms with van der Waals surface area (Å²) in [4.78, 5) is 40.2. The number of pyridine rings is 1. The van der Waals surface area contributed by atoms with E-state index in [2.05, 4.69) is 35.2 Å². The maximum absolute atomic E-state index is 13.3. The first-order chi connectivity index (χ1) is 17.2. The maximum atomic E-state index is 13.3. The van der Waals surface area contributed by atoms with E-state index in [0.717, 1.165) is 55.8 Å². The van der Waals surface area contributed by atoms with Crippen molar-refractivity contribution in [2.45, 2.75) is 37.4 Å². The van der Waals surface area contributed by atoms with Crippen molar-refractivity contribution in [1.29, 1.82) is 0 Å². The van der Waals surface area contributed by atoms with Crippen molar-refractivity contribution in [3.05, 3.63) is 45.9 Å². The molecule has 3 aromatic rings. The highest BCUT2D eigenvalue weighted by Gasteiger charge is 2.39. The second kappa shape index (κ2) is 9.19. The van der Waals surface area contributed by atoms with E-state index in [1.165, 1.54) is 7.05 Å². The number of amides is 1. The number of alkyl halides is 3. The topological polar surface area (TPSA) is 112 Å². The van der Waals surface area contributed by atoms with E-state index in [0.29, 0.717) is 17.6 Å². The minimum Gasteiger partial charge on any atom is -0.368 e. The fourth-order valence-electron chi connectivity index (χ4n) is 5.28. The summed E-state index contributed by atoms with van der Waals surface area (Å²) in [6, 6.07) is 3.93. The van der Waals surface area contributed by atoms with Crippen LogP contribution in [0.25, 0.3) is 11.0 Å². The number of aromatic nitrogens is 5. The minimum absolute atomic E-state index is 0.0316. The van der Waals surface area contributed by atoms with Gasteiger partial charge < -0.3 is 15.2 Å². The van der Waals surface area contributed by atoms with E-state index in [-0.39, 0.29) is 17.5 Å². The van der Waals surface area contributed by atoms with E-state index < -0.39 is 22.8 Å². The second-order valence-electron chi connectivity index (χ2n) is 9.29. The Bertz CT molecular complexity index is 1330. The largest absolute Gasteiger partial charge is 0.436 e. The molecule has 36 heavy (non-hydrogen) atoms. The van der Waals surface area contributed by atoms with E-state index in [9.17, 15) is 22.8 Å². The molecular weight excluding hydrogens is 477 g/mol. The van der Waals surface area contributed by atoms with E-state index in [1.54, 1.807) is 19.3 Å². The van der Waals surface area contributed by atoms with Crippen LogP contribution in [0.2, 0.25) is 0 Å². The molecule has 0 aromatic carbocycles. The van der Waals surface area contributed by atoms with Gasteiger partial charge in [-0.2, -0.15) is 18.3 Å². The Morgan fingerprint density at radius 2 is 1.92 bits per heavy atom. The predicted octanol–water partition coefficient (Wildman–Crippen LogP) is 1.89. The standard InChI is InChI=1S/C23H27F3N8O2/c1-27-21(35)16-6-5-15(12-28-16)34-9-7-33(8-10-34)14-4-3-13(11-14)19-29-20-17(22(36)30-19)18(23(24,25)26)31-32(20)2/h5-6,12-14H,3-4,7-11H2,1-2H3,(H,27,35)(H,29,30,36)/t13-,14+/m1/s1. The van der Waals surface area contributed by atoms with Crippen LogP contribution in [-0.2, 0) is 13.2 Å². The highest BCUT2D eigenvalue weighted by atomic mass is 19.4. The SMILES string of the molecule is CNC(=O)c1ccc(N2CCN([C@H]3CC[C@@H](c4nc5c(c(C(F)(F)F)nn5C)c(=O)[nH]4)C3)CC2)cn1. The Kier molecular flexibility index (Phi) is 6.18. The zero-order valence-corrected chi connectivity index (χ0v) is 20.0. The summed E-state index contributed by atoms with van der Waals surface area (Å²) in [7, 11) is 2.94. The van der Waals surface area contributed by atoms with Crippen LogP contribution in [0.15, 0.2) is 23.1 Å². The minimum atomic E-state index is -4.72. The van der Waals surface area contributed by atoms with Crippen LogP contribution in [0, 0.1) is 0 Å². The van der Waals surface area contributed by atoms with Crippen molar-refractivity contribution in [1.82, 2.24) is 34.9 Å². The average molecular weight is 505 g/mol. The van der Waals surface area contributed by atoms with Gasteiger partial charge in [-0.15, -0.1) is 0 Å². The zero-order valence-electron chi connectivity index (χ0n) is 20.0. The number of aromatic amines is 1. The van der Waals surface area contributed by atoms with Gasteiger partial charge in [0.15, 0.2) is 11.3 Å². The van der Waals surface area contributed by atoms with Gasteiger partial charge in [-0.05, 0) is 31.4 Å². The lowest BCUT2D eigenvalue weighted by Crippen LogP contribution is -2.49. The maximum Gasteiger partial charge on any atom is 0.436 e. The first-order valence-electron chi connectivity index (χ1n) is 11.9. The molecule has 1 aliphatic heterocycles. The molecule has 1 saturated carbocycles. The number of H-pyrrole nitrogens is 1. The monoisotopic (exact) mass is 504 g/mol. The number of nitrogens with zero attached hydrogens (tertiary/aromatic N) is 6. The molecule has 0 radical (unpaired) electrons. The number of fused-ring (bicyclic) bond motifs is 1. The smallest absolute Gasteiger partial charge is 0.368 e. The molecule has 0 bridgehead atoms. The molecule has 192 valence electrons. The Morgan fingerprint density at radius 1 is 1.17 bits per heavy atom. The van der Waals surface area contributed by atoms with Crippen molar-refractivity contribution < 1.29 is 18.0 Å². The van der Waals surface area contributed by atoms with E-state index in [1.807, 2.05) is 6.07 Å². The molecule has 0 spiro atoms. The van der Waals surface area contributed by atoms with E-state index in [4.69, 9.17) is 0 Å². The summed E-state index contributed by atoms with van der Waals surface area (Å²) in [5.41, 5.74) is -0.711. The Labute approximate surface area is 204 Å². The number of halogens is 3. The molecule has 2 atom stereocenters. The molecule has 10 nitrogen and oxygen atoms in total. The molecular formula is C23H27F3N8O2. The first kappa shape index (κ1) is 24.2. The van der Waals surface area contributed by atoms with Crippen molar-refractivity contribution >= 4 is 22.6 Å². The average Bonchev–Trinajstić information content (AvgIpc) is 3.49. The molecule has 3 aromatic heterocycles. The summed E-state index contributed by atoms with van der Waals surface area (Å²) in [6.45, 7) is 3.35. The Balaban J connectivity index is 1.24. The molecule has 13 heteroatoms. The molecule has 1 aliphatic carbocycles. The summed E-state index contributed by atoms with van der Waals surface area (Å²) in [6.07, 6.45) is -0.506. The summed E-state index contributed by atoms with van der Waals surface area (Å²) in [5.74, 6) is 0.171. The van der Waals surface area contributed by atoms with Gasteiger partial charge in [-0.1, -0.05) is 0 Å². The van der Waals surface area contributed by atoms with Gasteiger partial charge in [0.25, 0.3) is 11.5 Å². The normalized spacial score (nSPS) is 21.3. The van der Waals surface area contributed by atoms with Gasteiger partial charge >= 0.3 is 6.18 Å². The third-order valence-corrected chi connectivity index (χ3v) is 7.18. The van der Waals surface area contributed by atoms with Crippen LogP contribution in [0.1, 0.15) is 47.2 Å². The van der Waals surface area contributed by atoms with Gasteiger partial charge in [-0.25, -0.2) is 14.6 Å². The molecule has 2 fully saturated rings. The fraction of sp³-hybridized carbons (Fsp3) is 0.522. The van der Waals surface area contributed by atoms with Crippen LogP contribution in [0.4, 0.5) is 18.9 Å². The summed E-state index contributed by atoms with van der Waals surface area (Å²) >= 11 is 0. The number of hydrogen-bond acceptors (Lipinski definition) is 7. The van der Waals surface area contributed by atoms with Crippen molar-refractivity contribution in [3.63, 3.8) is 0 Å². The molecule has 0 unspecified atom stereocenters. The van der Waals surface area contributed by atoms with Crippen LogP contribution in [0.3, 0.4) is 0 Å². The van der Waals surface area contributed by atoms with Crippen LogP contribution >= 0.6 is 0 Å². The van der Waals surface area contributed by atoms with Gasteiger partial charge in [0.05, 0.1) is 11.9 Å².